The van der Waals surface area contributed by atoms with E-state index in [4.69, 9.17) is 10.5 Å². The van der Waals surface area contributed by atoms with Gasteiger partial charge < -0.3 is 10.5 Å². The average Bonchev–Trinajstić information content (AvgIpc) is 2.38. The van der Waals surface area contributed by atoms with Gasteiger partial charge in [-0.05, 0) is 36.2 Å². The Balaban J connectivity index is 1.98. The van der Waals surface area contributed by atoms with E-state index < -0.39 is 0 Å². The van der Waals surface area contributed by atoms with Gasteiger partial charge in [-0.3, -0.25) is 0 Å². The Morgan fingerprint density at radius 2 is 1.78 bits per heavy atom. The molecule has 0 amide bonds. The summed E-state index contributed by atoms with van der Waals surface area (Å²) in [6.45, 7) is 2.51. The van der Waals surface area contributed by atoms with Crippen LogP contribution in [0.25, 0.3) is 0 Å². The molecule has 0 fully saturated rings. The van der Waals surface area contributed by atoms with E-state index >= 15 is 0 Å². The maximum atomic E-state index is 6.10. The lowest BCUT2D eigenvalue weighted by Crippen LogP contribution is -2.19. The molecule has 0 saturated heterocycles. The Morgan fingerprint density at radius 3 is 2.44 bits per heavy atom. The van der Waals surface area contributed by atoms with Crippen LogP contribution in [0.5, 0.6) is 5.75 Å². The van der Waals surface area contributed by atoms with Gasteiger partial charge in [-0.1, -0.05) is 46.3 Å². The summed E-state index contributed by atoms with van der Waals surface area (Å²) in [5, 5.41) is 0. The molecule has 2 aromatic rings. The number of ether oxygens (including phenoxy) is 1. The van der Waals surface area contributed by atoms with Crippen molar-refractivity contribution < 1.29 is 4.74 Å². The quantitative estimate of drug-likeness (QED) is 0.931. The van der Waals surface area contributed by atoms with Gasteiger partial charge in [0.1, 0.15) is 12.4 Å². The van der Waals surface area contributed by atoms with Gasteiger partial charge in [0.2, 0.25) is 0 Å². The number of halogens is 1. The van der Waals surface area contributed by atoms with E-state index in [0.29, 0.717) is 6.61 Å². The van der Waals surface area contributed by atoms with Crippen molar-refractivity contribution >= 4 is 15.9 Å². The minimum atomic E-state index is -0.113. The third kappa shape index (κ3) is 3.34. The van der Waals surface area contributed by atoms with Crippen LogP contribution in [0.4, 0.5) is 0 Å². The monoisotopic (exact) mass is 305 g/mol. The first-order chi connectivity index (χ1) is 8.66. The first-order valence-electron chi connectivity index (χ1n) is 5.86. The fraction of sp³-hybridized carbons (Fsp3) is 0.200. The lowest BCUT2D eigenvalue weighted by Gasteiger charge is -2.15. The molecule has 0 radical (unpaired) electrons. The minimum absolute atomic E-state index is 0.113. The summed E-state index contributed by atoms with van der Waals surface area (Å²) in [6.07, 6.45) is 0. The molecule has 0 aliphatic carbocycles. The third-order valence-corrected chi connectivity index (χ3v) is 3.34. The molecular weight excluding hydrogens is 290 g/mol. The molecule has 2 N–H and O–H groups in total. The first kappa shape index (κ1) is 13.1. The average molecular weight is 306 g/mol. The number of nitrogens with two attached hydrogens (primary N) is 1. The molecule has 2 nitrogen and oxygen atoms in total. The summed E-state index contributed by atoms with van der Waals surface area (Å²) in [5.74, 6) is 0.894. The molecule has 18 heavy (non-hydrogen) atoms. The highest BCUT2D eigenvalue weighted by atomic mass is 79.9. The Morgan fingerprint density at radius 1 is 1.11 bits per heavy atom. The van der Waals surface area contributed by atoms with E-state index in [0.717, 1.165) is 21.3 Å². The summed E-state index contributed by atoms with van der Waals surface area (Å²) in [5.41, 5.74) is 8.30. The molecule has 0 spiro atoms. The van der Waals surface area contributed by atoms with Crippen molar-refractivity contribution in [3.05, 3.63) is 64.1 Å². The van der Waals surface area contributed by atoms with Crippen LogP contribution in [0.3, 0.4) is 0 Å². The van der Waals surface area contributed by atoms with Gasteiger partial charge in [-0.25, -0.2) is 0 Å². The standard InChI is InChI=1S/C15H16BrNO/c1-11-4-2-3-5-15(11)18-10-14(17)12-6-8-13(16)9-7-12/h2-9,14H,10,17H2,1H3. The van der Waals surface area contributed by atoms with Gasteiger partial charge in [0.25, 0.3) is 0 Å². The van der Waals surface area contributed by atoms with Gasteiger partial charge >= 0.3 is 0 Å². The molecule has 0 saturated carbocycles. The molecule has 0 bridgehead atoms. The highest BCUT2D eigenvalue weighted by Crippen LogP contribution is 2.19. The molecule has 0 aliphatic heterocycles. The summed E-state index contributed by atoms with van der Waals surface area (Å²) in [7, 11) is 0. The van der Waals surface area contributed by atoms with E-state index in [2.05, 4.69) is 15.9 Å². The fourth-order valence-corrected chi connectivity index (χ4v) is 1.97. The van der Waals surface area contributed by atoms with E-state index in [1.165, 1.54) is 0 Å². The second-order valence-corrected chi connectivity index (χ2v) is 5.15. The largest absolute Gasteiger partial charge is 0.491 e. The van der Waals surface area contributed by atoms with Crippen LogP contribution in [0, 0.1) is 6.92 Å². The van der Waals surface area contributed by atoms with Crippen LogP contribution in [0.1, 0.15) is 17.2 Å². The predicted octanol–water partition coefficient (Wildman–Crippen LogP) is 3.84. The topological polar surface area (TPSA) is 35.2 Å². The number of aryl methyl sites for hydroxylation is 1. The number of rotatable bonds is 4. The SMILES string of the molecule is Cc1ccccc1OCC(N)c1ccc(Br)cc1. The van der Waals surface area contributed by atoms with Crippen molar-refractivity contribution in [2.24, 2.45) is 5.73 Å². The predicted molar refractivity (Wildman–Crippen MR) is 77.7 cm³/mol. The van der Waals surface area contributed by atoms with Gasteiger partial charge in [-0.15, -0.1) is 0 Å². The van der Waals surface area contributed by atoms with Crippen LogP contribution < -0.4 is 10.5 Å². The molecule has 94 valence electrons. The molecule has 1 atom stereocenters. The Hall–Kier alpha value is -1.32. The number of hydrogen-bond donors (Lipinski definition) is 1. The fourth-order valence-electron chi connectivity index (χ4n) is 1.70. The van der Waals surface area contributed by atoms with Crippen molar-refractivity contribution in [2.45, 2.75) is 13.0 Å². The number of hydrogen-bond acceptors (Lipinski definition) is 2. The van der Waals surface area contributed by atoms with Crippen LogP contribution >= 0.6 is 15.9 Å². The number of benzene rings is 2. The Bertz CT molecular complexity index is 510. The Kier molecular flexibility index (Phi) is 4.39. The second-order valence-electron chi connectivity index (χ2n) is 4.23. The lowest BCUT2D eigenvalue weighted by atomic mass is 10.1. The maximum Gasteiger partial charge on any atom is 0.122 e. The zero-order valence-corrected chi connectivity index (χ0v) is 11.9. The van der Waals surface area contributed by atoms with Crippen molar-refractivity contribution in [3.8, 4) is 5.75 Å². The Labute approximate surface area is 116 Å². The van der Waals surface area contributed by atoms with E-state index in [1.54, 1.807) is 0 Å². The van der Waals surface area contributed by atoms with Crippen molar-refractivity contribution in [1.29, 1.82) is 0 Å². The highest BCUT2D eigenvalue weighted by Gasteiger charge is 2.07. The van der Waals surface area contributed by atoms with Crippen molar-refractivity contribution in [3.63, 3.8) is 0 Å². The second kappa shape index (κ2) is 6.03. The van der Waals surface area contributed by atoms with Crippen LogP contribution in [0.2, 0.25) is 0 Å². The molecule has 3 heteroatoms. The van der Waals surface area contributed by atoms with Crippen LogP contribution in [0.15, 0.2) is 53.0 Å². The number of para-hydroxylation sites is 1. The van der Waals surface area contributed by atoms with Gasteiger partial charge in [0, 0.05) is 4.47 Å². The summed E-state index contributed by atoms with van der Waals surface area (Å²) in [6, 6.07) is 15.8. The van der Waals surface area contributed by atoms with Gasteiger partial charge in [-0.2, -0.15) is 0 Å². The first-order valence-corrected chi connectivity index (χ1v) is 6.65. The molecule has 0 aliphatic rings. The smallest absolute Gasteiger partial charge is 0.122 e. The van der Waals surface area contributed by atoms with Crippen molar-refractivity contribution in [1.82, 2.24) is 0 Å². The summed E-state index contributed by atoms with van der Waals surface area (Å²) >= 11 is 3.41. The molecule has 0 heterocycles. The van der Waals surface area contributed by atoms with E-state index in [1.807, 2.05) is 55.5 Å². The van der Waals surface area contributed by atoms with E-state index in [9.17, 15) is 0 Å². The van der Waals surface area contributed by atoms with Crippen LogP contribution in [-0.2, 0) is 0 Å². The maximum absolute atomic E-state index is 6.10. The van der Waals surface area contributed by atoms with Crippen molar-refractivity contribution in [2.75, 3.05) is 6.61 Å². The molecular formula is C15H16BrNO. The highest BCUT2D eigenvalue weighted by molar-refractivity contribution is 9.10. The molecule has 1 unspecified atom stereocenters. The summed E-state index contributed by atoms with van der Waals surface area (Å²) in [4.78, 5) is 0. The zero-order chi connectivity index (χ0) is 13.0. The third-order valence-electron chi connectivity index (χ3n) is 2.81. The lowest BCUT2D eigenvalue weighted by molar-refractivity contribution is 0.289. The minimum Gasteiger partial charge on any atom is -0.491 e. The zero-order valence-electron chi connectivity index (χ0n) is 10.3. The van der Waals surface area contributed by atoms with Crippen LogP contribution in [-0.4, -0.2) is 6.61 Å². The molecule has 2 rings (SSSR count). The van der Waals surface area contributed by atoms with Gasteiger partial charge in [0.05, 0.1) is 6.04 Å². The molecule has 0 aromatic heterocycles. The normalized spacial score (nSPS) is 12.2. The molecule has 2 aromatic carbocycles. The van der Waals surface area contributed by atoms with Gasteiger partial charge in [0.15, 0.2) is 0 Å². The summed E-state index contributed by atoms with van der Waals surface area (Å²) < 4.78 is 6.80. The van der Waals surface area contributed by atoms with E-state index in [-0.39, 0.29) is 6.04 Å².